The van der Waals surface area contributed by atoms with Crippen LogP contribution in [0, 0.1) is 25.2 Å². The van der Waals surface area contributed by atoms with E-state index in [4.69, 9.17) is 33.8 Å². The summed E-state index contributed by atoms with van der Waals surface area (Å²) in [6.07, 6.45) is 1.13. The number of carbonyl (C=O) groups excluding carboxylic acids is 2. The average Bonchev–Trinajstić information content (AvgIpc) is 3.78. The molecular weight excluding hydrogens is 763 g/mol. The van der Waals surface area contributed by atoms with Crippen molar-refractivity contribution in [3.05, 3.63) is 75.0 Å². The number of thioether (sulfide) groups is 1. The highest BCUT2D eigenvalue weighted by molar-refractivity contribution is 7.99. The molecule has 2 saturated heterocycles. The Kier molecular flexibility index (Phi) is 8.53. The number of phenols is 1. The van der Waals surface area contributed by atoms with Crippen LogP contribution in [0.1, 0.15) is 75.4 Å². The fraction of sp³-hybridized carbons (Fsp3) is 0.465. The highest BCUT2D eigenvalue weighted by Gasteiger charge is 2.64. The number of aromatic hydroxyl groups is 1. The molecule has 4 aromatic rings. The molecule has 0 saturated carbocycles. The fourth-order valence-electron chi connectivity index (χ4n) is 11.1. The minimum absolute atomic E-state index is 0.0205. The lowest BCUT2D eigenvalue weighted by Gasteiger charge is -2.60. The van der Waals surface area contributed by atoms with Crippen LogP contribution in [0.25, 0.3) is 11.0 Å². The van der Waals surface area contributed by atoms with E-state index in [1.807, 2.05) is 51.2 Å². The maximum atomic E-state index is 14.9. The number of carbonyl (C=O) groups is 2. The first-order valence-electron chi connectivity index (χ1n) is 19.7. The van der Waals surface area contributed by atoms with Gasteiger partial charge in [0.05, 0.1) is 31.1 Å². The van der Waals surface area contributed by atoms with E-state index in [1.54, 1.807) is 7.11 Å². The smallest absolute Gasteiger partial charge is 0.335 e. The van der Waals surface area contributed by atoms with Crippen LogP contribution >= 0.6 is 11.8 Å². The third-order valence-corrected chi connectivity index (χ3v) is 14.7. The van der Waals surface area contributed by atoms with E-state index in [-0.39, 0.29) is 43.9 Å². The van der Waals surface area contributed by atoms with Crippen LogP contribution < -0.4 is 30.0 Å². The summed E-state index contributed by atoms with van der Waals surface area (Å²) in [6, 6.07) is 10.7. The second-order valence-corrected chi connectivity index (χ2v) is 17.6. The second-order valence-electron chi connectivity index (χ2n) is 16.4. The highest BCUT2D eigenvalue weighted by atomic mass is 32.2. The van der Waals surface area contributed by atoms with Gasteiger partial charge in [0, 0.05) is 89.9 Å². The number of likely N-dealkylation sites (N-methyl/N-ethyl adjacent to an activating group) is 1. The molecule has 58 heavy (non-hydrogen) atoms. The number of nitrogens with two attached hydrogens (primary N) is 1. The Bertz CT molecular complexity index is 2480. The Morgan fingerprint density at radius 2 is 1.95 bits per heavy atom. The molecule has 9 heterocycles. The molecule has 0 radical (unpaired) electrons. The molecule has 1 spiro atoms. The lowest BCUT2D eigenvalue weighted by molar-refractivity contribution is -0.154. The average molecular weight is 808 g/mol. The first-order chi connectivity index (χ1) is 28.0. The summed E-state index contributed by atoms with van der Waals surface area (Å²) in [5.74, 6) is 1.37. The first-order valence-corrected chi connectivity index (χ1v) is 20.7. The standard InChI is InChI=1S/C43H45N5O9S/c1-20-12-23-14-42(16-45)17-47(4)32(29(23)34(50)35(20)52-5)33-39-31-30(38-37(54-19-55-38)21(2)36(31)56-22(3)49)27(48(33)42)10-11-53-41(51)43(18-58-39)40-26(13-24(15-44)46-43)25-8-6-7-9-28(25)57-40/h6-9,12,24,27,32-33,39,46,50H,10-11,13-15,17-19,44H2,1-5H3/t24-,27+,32+,33-,39-,42?,43-/m1/s1. The van der Waals surface area contributed by atoms with E-state index in [1.165, 1.54) is 18.7 Å². The summed E-state index contributed by atoms with van der Waals surface area (Å²) in [7, 11) is 3.53. The molecule has 4 N–H and O–H groups in total. The minimum atomic E-state index is -1.47. The van der Waals surface area contributed by atoms with Gasteiger partial charge in [-0.15, -0.1) is 11.8 Å². The number of hydrogen-bond donors (Lipinski definition) is 3. The van der Waals surface area contributed by atoms with Crippen molar-refractivity contribution in [1.82, 2.24) is 15.1 Å². The third kappa shape index (κ3) is 4.99. The number of nitrogens with zero attached hydrogens (tertiary/aromatic N) is 3. The van der Waals surface area contributed by atoms with Crippen LogP contribution in [0.2, 0.25) is 0 Å². The molecule has 8 aliphatic rings. The number of benzene rings is 3. The van der Waals surface area contributed by atoms with Gasteiger partial charge in [-0.2, -0.15) is 5.26 Å². The topological polar surface area (TPSA) is 182 Å². The zero-order valence-corrected chi connectivity index (χ0v) is 33.8. The van der Waals surface area contributed by atoms with Crippen molar-refractivity contribution in [3.63, 3.8) is 0 Å². The number of nitrogens with one attached hydrogen (secondary N) is 1. The number of methoxy groups -OCH3 is 1. The number of rotatable bonds is 3. The van der Waals surface area contributed by atoms with Crippen LogP contribution in [-0.2, 0) is 32.7 Å². The Morgan fingerprint density at radius 3 is 2.71 bits per heavy atom. The molecule has 8 atom stereocenters. The third-order valence-electron chi connectivity index (χ3n) is 13.2. The lowest BCUT2D eigenvalue weighted by Crippen LogP contribution is -2.68. The number of fused-ring (bicyclic) bond motifs is 9. The van der Waals surface area contributed by atoms with Crippen molar-refractivity contribution in [1.29, 1.82) is 5.26 Å². The number of hydrogen-bond acceptors (Lipinski definition) is 15. The SMILES string of the molecule is COc1c(C)cc2c(c1O)[C@H]1[C@@H]3[C@@H]4SC[C@]5(N[C@@H](CN)Cc6c5oc5ccccc65)C(=O)OCC[C@@H](c5c6c(c(C)c(OC(C)=O)c54)OCO6)N3C(C#N)(C2)CN1C. The zero-order chi connectivity index (χ0) is 40.4. The highest BCUT2D eigenvalue weighted by Crippen LogP contribution is 2.66. The molecule has 12 rings (SSSR count). The van der Waals surface area contributed by atoms with E-state index >= 15 is 0 Å². The molecule has 4 bridgehead atoms. The van der Waals surface area contributed by atoms with E-state index in [0.717, 1.165) is 33.2 Å². The molecule has 14 nitrogen and oxygen atoms in total. The van der Waals surface area contributed by atoms with Crippen molar-refractivity contribution in [2.24, 2.45) is 5.73 Å². The Morgan fingerprint density at radius 1 is 1.16 bits per heavy atom. The Hall–Kier alpha value is -4.98. The van der Waals surface area contributed by atoms with Gasteiger partial charge in [-0.25, -0.2) is 4.79 Å². The van der Waals surface area contributed by atoms with Crippen LogP contribution in [0.4, 0.5) is 0 Å². The van der Waals surface area contributed by atoms with Crippen LogP contribution in [0.3, 0.4) is 0 Å². The molecule has 2 fully saturated rings. The first kappa shape index (κ1) is 37.3. The quantitative estimate of drug-likeness (QED) is 0.191. The maximum Gasteiger partial charge on any atom is 0.335 e. The summed E-state index contributed by atoms with van der Waals surface area (Å²) < 4.78 is 37.5. The Balaban J connectivity index is 1.27. The van der Waals surface area contributed by atoms with E-state index in [9.17, 15) is 20.0 Å². The molecule has 1 aromatic heterocycles. The number of para-hydroxylation sites is 1. The molecule has 302 valence electrons. The number of furan rings is 1. The van der Waals surface area contributed by atoms with Crippen molar-refractivity contribution in [3.8, 4) is 34.8 Å². The largest absolute Gasteiger partial charge is 0.504 e. The number of phenolic OH excluding ortho intramolecular Hbond substituents is 1. The molecule has 15 heteroatoms. The van der Waals surface area contributed by atoms with Crippen molar-refractivity contribution in [2.45, 2.75) is 80.5 Å². The molecular formula is C43H45N5O9S. The molecule has 8 aliphatic heterocycles. The summed E-state index contributed by atoms with van der Waals surface area (Å²) >= 11 is 1.50. The predicted octanol–water partition coefficient (Wildman–Crippen LogP) is 4.74. The van der Waals surface area contributed by atoms with Gasteiger partial charge in [-0.3, -0.25) is 19.9 Å². The van der Waals surface area contributed by atoms with E-state index in [0.29, 0.717) is 64.9 Å². The van der Waals surface area contributed by atoms with E-state index < -0.39 is 46.4 Å². The monoisotopic (exact) mass is 807 g/mol. The van der Waals surface area contributed by atoms with Gasteiger partial charge >= 0.3 is 11.9 Å². The van der Waals surface area contributed by atoms with Crippen LogP contribution in [0.5, 0.6) is 28.7 Å². The normalized spacial score (nSPS) is 30.7. The summed E-state index contributed by atoms with van der Waals surface area (Å²) in [5.41, 5.74) is 9.75. The van der Waals surface area contributed by atoms with Gasteiger partial charge in [0.2, 0.25) is 6.79 Å². The summed E-state index contributed by atoms with van der Waals surface area (Å²) in [5, 5.41) is 27.7. The van der Waals surface area contributed by atoms with Crippen LogP contribution in [0.15, 0.2) is 34.7 Å². The second kappa shape index (κ2) is 13.3. The minimum Gasteiger partial charge on any atom is -0.504 e. The maximum absolute atomic E-state index is 14.9. The lowest BCUT2D eigenvalue weighted by atomic mass is 9.75. The predicted molar refractivity (Wildman–Crippen MR) is 212 cm³/mol. The number of nitriles is 1. The van der Waals surface area contributed by atoms with Gasteiger partial charge in [-0.1, -0.05) is 24.3 Å². The zero-order valence-electron chi connectivity index (χ0n) is 33.0. The van der Waals surface area contributed by atoms with Gasteiger partial charge in [0.25, 0.3) is 0 Å². The number of aryl methyl sites for hydroxylation is 1. The van der Waals surface area contributed by atoms with Gasteiger partial charge < -0.3 is 38.9 Å². The van der Waals surface area contributed by atoms with Crippen molar-refractivity contribution >= 4 is 34.7 Å². The Labute approximate surface area is 339 Å². The van der Waals surface area contributed by atoms with Gasteiger partial charge in [0.15, 0.2) is 28.5 Å². The van der Waals surface area contributed by atoms with Crippen LogP contribution in [-0.4, -0.2) is 90.9 Å². The fourth-order valence-corrected chi connectivity index (χ4v) is 12.7. The summed E-state index contributed by atoms with van der Waals surface area (Å²) in [4.78, 5) is 32.5. The van der Waals surface area contributed by atoms with Crippen molar-refractivity contribution in [2.75, 3.05) is 46.4 Å². The molecule has 3 aromatic carbocycles. The number of ether oxygens (including phenoxy) is 5. The summed E-state index contributed by atoms with van der Waals surface area (Å²) in [6.45, 7) is 5.68. The number of piperazine rings is 1. The van der Waals surface area contributed by atoms with E-state index in [2.05, 4.69) is 21.2 Å². The van der Waals surface area contributed by atoms with Gasteiger partial charge in [-0.05, 0) is 44.5 Å². The van der Waals surface area contributed by atoms with Gasteiger partial charge in [0.1, 0.15) is 22.6 Å². The molecule has 0 amide bonds. The molecule has 0 aliphatic carbocycles. The molecule has 2 unspecified atom stereocenters. The number of esters is 2. The van der Waals surface area contributed by atoms with Crippen molar-refractivity contribution < 1.29 is 42.8 Å².